The van der Waals surface area contributed by atoms with E-state index < -0.39 is 17.6 Å². The van der Waals surface area contributed by atoms with Crippen molar-refractivity contribution in [2.45, 2.75) is 45.4 Å². The summed E-state index contributed by atoms with van der Waals surface area (Å²) in [6.07, 6.45) is 4.63. The van der Waals surface area contributed by atoms with Crippen molar-refractivity contribution in [1.82, 2.24) is 0 Å². The van der Waals surface area contributed by atoms with E-state index in [-0.39, 0.29) is 11.3 Å². The third-order valence-corrected chi connectivity index (χ3v) is 5.25. The lowest BCUT2D eigenvalue weighted by Gasteiger charge is -2.26. The Morgan fingerprint density at radius 2 is 1.52 bits per heavy atom. The van der Waals surface area contributed by atoms with E-state index in [0.29, 0.717) is 5.92 Å². The minimum Gasteiger partial charge on any atom is -0.421 e. The lowest BCUT2D eigenvalue weighted by Crippen LogP contribution is -2.11. The fourth-order valence-electron chi connectivity index (χ4n) is 3.47. The van der Waals surface area contributed by atoms with Gasteiger partial charge in [0.25, 0.3) is 0 Å². The van der Waals surface area contributed by atoms with E-state index >= 15 is 0 Å². The Balaban J connectivity index is 1.70. The molecule has 0 atom stereocenters. The van der Waals surface area contributed by atoms with Crippen molar-refractivity contribution < 1.29 is 18.3 Å². The molecular weight excluding hydrogens is 346 g/mol. The van der Waals surface area contributed by atoms with Crippen molar-refractivity contribution in [3.8, 4) is 5.75 Å². The maximum absolute atomic E-state index is 14.4. The zero-order valence-corrected chi connectivity index (χ0v) is 15.7. The van der Waals surface area contributed by atoms with Gasteiger partial charge in [-0.25, -0.2) is 9.18 Å². The Labute approximate surface area is 158 Å². The molecule has 3 rings (SSSR count). The van der Waals surface area contributed by atoms with Crippen LogP contribution in [0.4, 0.5) is 8.78 Å². The molecule has 4 heteroatoms. The summed E-state index contributed by atoms with van der Waals surface area (Å²) in [6, 6.07) is 13.2. The lowest BCUT2D eigenvalue weighted by molar-refractivity contribution is -0.131. The number of carbonyl (C=O) groups excluding carboxylic acids is 1. The molecule has 2 nitrogen and oxygen atoms in total. The van der Waals surface area contributed by atoms with Crippen molar-refractivity contribution in [3.05, 3.63) is 71.0 Å². The van der Waals surface area contributed by atoms with Crippen LogP contribution >= 0.6 is 0 Å². The highest BCUT2D eigenvalue weighted by Crippen LogP contribution is 2.36. The normalized spacial score (nSPS) is 20.7. The molecule has 1 aliphatic rings. The van der Waals surface area contributed by atoms with Gasteiger partial charge < -0.3 is 4.74 Å². The van der Waals surface area contributed by atoms with E-state index in [2.05, 4.69) is 6.92 Å². The summed E-state index contributed by atoms with van der Waals surface area (Å²) in [4.78, 5) is 11.9. The maximum atomic E-state index is 14.4. The highest BCUT2D eigenvalue weighted by Gasteiger charge is 2.22. The SMILES string of the molecule is Cc1ccc(OC(=O)/C(F)=C(\F)c2ccc(C3CCC(C)CC3)cc2)cc1. The molecule has 2 aromatic rings. The van der Waals surface area contributed by atoms with Gasteiger partial charge in [-0.2, -0.15) is 4.39 Å². The third kappa shape index (κ3) is 4.82. The first-order chi connectivity index (χ1) is 12.9. The number of aryl methyl sites for hydroxylation is 1. The van der Waals surface area contributed by atoms with Gasteiger partial charge in [-0.05, 0) is 49.3 Å². The number of hydrogen-bond acceptors (Lipinski definition) is 2. The van der Waals surface area contributed by atoms with Gasteiger partial charge in [0, 0.05) is 5.56 Å². The molecule has 0 aliphatic heterocycles. The highest BCUT2D eigenvalue weighted by atomic mass is 19.2. The second-order valence-corrected chi connectivity index (χ2v) is 7.41. The molecular formula is C23H24F2O2. The molecule has 2 aromatic carbocycles. The van der Waals surface area contributed by atoms with Crippen LogP contribution in [0.25, 0.3) is 5.83 Å². The molecule has 1 fully saturated rings. The van der Waals surface area contributed by atoms with Gasteiger partial charge >= 0.3 is 5.97 Å². The van der Waals surface area contributed by atoms with Crippen molar-refractivity contribution in [2.75, 3.05) is 0 Å². The van der Waals surface area contributed by atoms with Gasteiger partial charge in [0.2, 0.25) is 5.83 Å². The van der Waals surface area contributed by atoms with Crippen LogP contribution in [0.5, 0.6) is 5.75 Å². The van der Waals surface area contributed by atoms with Crippen LogP contribution in [0, 0.1) is 12.8 Å². The zero-order valence-electron chi connectivity index (χ0n) is 15.7. The minimum absolute atomic E-state index is 0.0429. The Bertz CT molecular complexity index is 814. The van der Waals surface area contributed by atoms with Crippen molar-refractivity contribution >= 4 is 11.8 Å². The van der Waals surface area contributed by atoms with Crippen LogP contribution in [-0.4, -0.2) is 5.97 Å². The molecule has 27 heavy (non-hydrogen) atoms. The second-order valence-electron chi connectivity index (χ2n) is 7.41. The second kappa shape index (κ2) is 8.47. The van der Waals surface area contributed by atoms with E-state index in [1.165, 1.54) is 37.1 Å². The van der Waals surface area contributed by atoms with Gasteiger partial charge in [-0.3, -0.25) is 0 Å². The lowest BCUT2D eigenvalue weighted by atomic mass is 9.79. The molecule has 142 valence electrons. The molecule has 0 saturated heterocycles. The Hall–Kier alpha value is -2.49. The number of carbonyl (C=O) groups is 1. The summed E-state index contributed by atoms with van der Waals surface area (Å²) in [5.41, 5.74) is 2.16. The Morgan fingerprint density at radius 3 is 2.11 bits per heavy atom. The van der Waals surface area contributed by atoms with Crippen LogP contribution in [0.2, 0.25) is 0 Å². The number of rotatable bonds is 4. The van der Waals surface area contributed by atoms with Crippen LogP contribution in [0.15, 0.2) is 54.4 Å². The first kappa shape index (κ1) is 19.3. The van der Waals surface area contributed by atoms with E-state index in [0.717, 1.165) is 29.9 Å². The Morgan fingerprint density at radius 1 is 0.926 bits per heavy atom. The molecule has 0 N–H and O–H groups in total. The van der Waals surface area contributed by atoms with Gasteiger partial charge in [0.05, 0.1) is 0 Å². The van der Waals surface area contributed by atoms with Gasteiger partial charge in [0.1, 0.15) is 5.75 Å². The number of hydrogen-bond donors (Lipinski definition) is 0. The third-order valence-electron chi connectivity index (χ3n) is 5.25. The summed E-state index contributed by atoms with van der Waals surface area (Å²) in [6.45, 7) is 4.14. The van der Waals surface area contributed by atoms with E-state index in [4.69, 9.17) is 4.74 Å². The molecule has 1 saturated carbocycles. The zero-order chi connectivity index (χ0) is 19.4. The monoisotopic (exact) mass is 370 g/mol. The van der Waals surface area contributed by atoms with E-state index in [1.807, 2.05) is 19.1 Å². The smallest absolute Gasteiger partial charge is 0.375 e. The summed E-state index contributed by atoms with van der Waals surface area (Å²) < 4.78 is 33.4. The molecule has 0 unspecified atom stereocenters. The number of esters is 1. The average Bonchev–Trinajstić information content (AvgIpc) is 2.69. The van der Waals surface area contributed by atoms with Crippen molar-refractivity contribution in [2.24, 2.45) is 5.92 Å². The molecule has 0 aromatic heterocycles. The Kier molecular flexibility index (Phi) is 6.04. The highest BCUT2D eigenvalue weighted by molar-refractivity contribution is 5.94. The quantitative estimate of drug-likeness (QED) is 0.349. The summed E-state index contributed by atoms with van der Waals surface area (Å²) >= 11 is 0. The largest absolute Gasteiger partial charge is 0.421 e. The van der Waals surface area contributed by atoms with Crippen molar-refractivity contribution in [3.63, 3.8) is 0 Å². The summed E-state index contributed by atoms with van der Waals surface area (Å²) in [7, 11) is 0. The van der Waals surface area contributed by atoms with E-state index in [1.54, 1.807) is 12.1 Å². The predicted octanol–water partition coefficient (Wildman–Crippen LogP) is 6.50. The topological polar surface area (TPSA) is 26.3 Å². The standard InChI is InChI=1S/C23H24F2O2/c1-15-3-7-17(8-4-15)18-9-11-19(12-10-18)21(24)22(25)23(26)27-20-13-5-16(2)6-14-20/h5-6,9-15,17H,3-4,7-8H2,1-2H3/b22-21+. The fourth-order valence-corrected chi connectivity index (χ4v) is 3.47. The minimum atomic E-state index is -1.52. The van der Waals surface area contributed by atoms with Crippen molar-refractivity contribution in [1.29, 1.82) is 0 Å². The molecule has 0 radical (unpaired) electrons. The summed E-state index contributed by atoms with van der Waals surface area (Å²) in [5, 5.41) is 0. The molecule has 0 amide bonds. The fraction of sp³-hybridized carbons (Fsp3) is 0.348. The van der Waals surface area contributed by atoms with Gasteiger partial charge in [-0.15, -0.1) is 0 Å². The average molecular weight is 370 g/mol. The maximum Gasteiger partial charge on any atom is 0.375 e. The van der Waals surface area contributed by atoms with Crippen LogP contribution in [0.1, 0.15) is 55.2 Å². The molecule has 0 bridgehead atoms. The number of ether oxygens (including phenoxy) is 1. The molecule has 0 spiro atoms. The van der Waals surface area contributed by atoms with Gasteiger partial charge in [-0.1, -0.05) is 61.7 Å². The van der Waals surface area contributed by atoms with Crippen LogP contribution in [0.3, 0.4) is 0 Å². The van der Waals surface area contributed by atoms with Crippen LogP contribution in [-0.2, 0) is 4.79 Å². The van der Waals surface area contributed by atoms with Gasteiger partial charge in [0.15, 0.2) is 5.83 Å². The summed E-state index contributed by atoms with van der Waals surface area (Å²) in [5.74, 6) is -2.64. The molecule has 0 heterocycles. The number of benzene rings is 2. The number of halogens is 2. The first-order valence-corrected chi connectivity index (χ1v) is 9.38. The molecule has 1 aliphatic carbocycles. The van der Waals surface area contributed by atoms with E-state index in [9.17, 15) is 13.6 Å². The first-order valence-electron chi connectivity index (χ1n) is 9.38. The van der Waals surface area contributed by atoms with Crippen LogP contribution < -0.4 is 4.74 Å². The predicted molar refractivity (Wildman–Crippen MR) is 103 cm³/mol.